The fourth-order valence-corrected chi connectivity index (χ4v) is 4.64. The summed E-state index contributed by atoms with van der Waals surface area (Å²) in [4.78, 5) is 15.3. The molecule has 178 valence electrons. The van der Waals surface area contributed by atoms with Crippen LogP contribution in [0.3, 0.4) is 0 Å². The van der Waals surface area contributed by atoms with E-state index in [4.69, 9.17) is 0 Å². The van der Waals surface area contributed by atoms with Gasteiger partial charge >= 0.3 is 6.36 Å². The monoisotopic (exact) mass is 470 g/mol. The minimum atomic E-state index is -4.71. The van der Waals surface area contributed by atoms with Crippen molar-refractivity contribution in [1.29, 1.82) is 0 Å². The maximum Gasteiger partial charge on any atom is 0.573 e. The molecular formula is C25H25F3N4O2. The molecule has 2 aromatic heterocycles. The standard InChI is InChI=1S/C25H25F3N4O2/c26-25(27,28)34-22-6-3-18(4-7-22)19-9-12-31(24(33)16-19)21-5-8-23-20(15-21)17-29-32(23)14-13-30-10-1-2-11-30/h3,5-9,12,15-18H,1-2,4,10-11,13-14H2. The molecule has 1 aliphatic carbocycles. The highest BCUT2D eigenvalue weighted by Gasteiger charge is 2.32. The summed E-state index contributed by atoms with van der Waals surface area (Å²) in [5, 5.41) is 5.49. The highest BCUT2D eigenvalue weighted by molar-refractivity contribution is 5.80. The SMILES string of the molecule is O=c1cc(C2C=CC(OC(F)(F)F)=CC2)ccn1-c1ccc2c(cnn2CCN2CCCC2)c1. The van der Waals surface area contributed by atoms with Crippen molar-refractivity contribution in [3.05, 3.63) is 82.6 Å². The van der Waals surface area contributed by atoms with Gasteiger partial charge in [-0.05, 0) is 74.3 Å². The van der Waals surface area contributed by atoms with Gasteiger partial charge in [0.2, 0.25) is 0 Å². The van der Waals surface area contributed by atoms with Crippen LogP contribution in [0.4, 0.5) is 13.2 Å². The minimum Gasteiger partial charge on any atom is -0.406 e. The molecule has 2 aliphatic rings. The highest BCUT2D eigenvalue weighted by atomic mass is 19.4. The molecule has 9 heteroatoms. The second kappa shape index (κ2) is 9.13. The topological polar surface area (TPSA) is 52.3 Å². The van der Waals surface area contributed by atoms with Crippen molar-refractivity contribution < 1.29 is 17.9 Å². The lowest BCUT2D eigenvalue weighted by atomic mass is 9.93. The van der Waals surface area contributed by atoms with Gasteiger partial charge in [0.1, 0.15) is 5.76 Å². The summed E-state index contributed by atoms with van der Waals surface area (Å²) < 4.78 is 44.6. The van der Waals surface area contributed by atoms with Gasteiger partial charge in [-0.1, -0.05) is 6.08 Å². The number of likely N-dealkylation sites (tertiary alicyclic amines) is 1. The van der Waals surface area contributed by atoms with E-state index >= 15 is 0 Å². The van der Waals surface area contributed by atoms with Crippen LogP contribution in [0.1, 0.15) is 30.7 Å². The first kappa shape index (κ1) is 22.5. The van der Waals surface area contributed by atoms with E-state index < -0.39 is 6.36 Å². The lowest BCUT2D eigenvalue weighted by Gasteiger charge is -2.18. The molecule has 1 aliphatic heterocycles. The number of alkyl halides is 3. The van der Waals surface area contributed by atoms with Crippen LogP contribution in [0.2, 0.25) is 0 Å². The quantitative estimate of drug-likeness (QED) is 0.522. The fourth-order valence-electron chi connectivity index (χ4n) is 4.64. The number of nitrogens with zero attached hydrogens (tertiary/aromatic N) is 4. The Bertz CT molecular complexity index is 1300. The fraction of sp³-hybridized carbons (Fsp3) is 0.360. The van der Waals surface area contributed by atoms with E-state index in [9.17, 15) is 18.0 Å². The Morgan fingerprint density at radius 1 is 1.09 bits per heavy atom. The van der Waals surface area contributed by atoms with Crippen molar-refractivity contribution in [1.82, 2.24) is 19.2 Å². The summed E-state index contributed by atoms with van der Waals surface area (Å²) in [6.45, 7) is 4.11. The number of aromatic nitrogens is 3. The van der Waals surface area contributed by atoms with Crippen molar-refractivity contribution in [3.63, 3.8) is 0 Å². The van der Waals surface area contributed by atoms with Gasteiger partial charge in [0.25, 0.3) is 5.56 Å². The van der Waals surface area contributed by atoms with E-state index in [1.54, 1.807) is 16.8 Å². The number of benzene rings is 1. The summed E-state index contributed by atoms with van der Waals surface area (Å²) in [6.07, 6.45) is 5.97. The number of hydrogen-bond acceptors (Lipinski definition) is 4. The summed E-state index contributed by atoms with van der Waals surface area (Å²) in [5.74, 6) is -0.411. The van der Waals surface area contributed by atoms with E-state index in [0.29, 0.717) is 6.42 Å². The molecule has 6 nitrogen and oxygen atoms in total. The largest absolute Gasteiger partial charge is 0.573 e. The summed E-state index contributed by atoms with van der Waals surface area (Å²) in [7, 11) is 0. The number of rotatable bonds is 6. The first-order valence-electron chi connectivity index (χ1n) is 11.4. The van der Waals surface area contributed by atoms with E-state index in [1.807, 2.05) is 35.1 Å². The molecule has 34 heavy (non-hydrogen) atoms. The Morgan fingerprint density at radius 2 is 1.91 bits per heavy atom. The van der Waals surface area contributed by atoms with Crippen molar-refractivity contribution in [2.45, 2.75) is 38.1 Å². The number of allylic oxidation sites excluding steroid dienone is 3. The normalized spacial score (nSPS) is 19.0. The van der Waals surface area contributed by atoms with Gasteiger partial charge in [-0.25, -0.2) is 0 Å². The molecule has 5 rings (SSSR count). The predicted octanol–water partition coefficient (Wildman–Crippen LogP) is 4.75. The smallest absolute Gasteiger partial charge is 0.406 e. The minimum absolute atomic E-state index is 0.181. The number of hydrogen-bond donors (Lipinski definition) is 0. The molecule has 1 saturated heterocycles. The first-order chi connectivity index (χ1) is 16.4. The number of pyridine rings is 1. The molecule has 0 saturated carbocycles. The van der Waals surface area contributed by atoms with E-state index in [2.05, 4.69) is 14.7 Å². The molecule has 1 aromatic carbocycles. The number of halogens is 3. The van der Waals surface area contributed by atoms with Crippen molar-refractivity contribution in [3.8, 4) is 5.69 Å². The summed E-state index contributed by atoms with van der Waals surface area (Å²) in [6, 6.07) is 9.19. The van der Waals surface area contributed by atoms with Gasteiger partial charge in [-0.15, -0.1) is 13.2 Å². The molecule has 1 atom stereocenters. The van der Waals surface area contributed by atoms with Crippen LogP contribution in [-0.2, 0) is 11.3 Å². The average Bonchev–Trinajstić information content (AvgIpc) is 3.46. The second-order valence-corrected chi connectivity index (χ2v) is 8.68. The molecule has 3 heterocycles. The lowest BCUT2D eigenvalue weighted by Crippen LogP contribution is -2.24. The maximum atomic E-state index is 12.8. The zero-order valence-corrected chi connectivity index (χ0v) is 18.5. The third kappa shape index (κ3) is 4.94. The van der Waals surface area contributed by atoms with Crippen molar-refractivity contribution >= 4 is 10.9 Å². The third-order valence-corrected chi connectivity index (χ3v) is 6.40. The number of fused-ring (bicyclic) bond motifs is 1. The molecule has 0 amide bonds. The highest BCUT2D eigenvalue weighted by Crippen LogP contribution is 2.30. The molecule has 0 bridgehead atoms. The molecule has 0 N–H and O–H groups in total. The van der Waals surface area contributed by atoms with E-state index in [0.717, 1.165) is 48.3 Å². The molecule has 1 fully saturated rings. The average molecular weight is 470 g/mol. The molecule has 1 unspecified atom stereocenters. The Labute approximate surface area is 194 Å². The van der Waals surface area contributed by atoms with Gasteiger partial charge in [0.05, 0.1) is 18.3 Å². The Hall–Kier alpha value is -3.33. The van der Waals surface area contributed by atoms with Crippen LogP contribution in [0.25, 0.3) is 16.6 Å². The van der Waals surface area contributed by atoms with Crippen molar-refractivity contribution in [2.24, 2.45) is 0 Å². The van der Waals surface area contributed by atoms with Crippen LogP contribution in [0, 0.1) is 0 Å². The summed E-state index contributed by atoms with van der Waals surface area (Å²) in [5.41, 5.74) is 2.32. The summed E-state index contributed by atoms with van der Waals surface area (Å²) >= 11 is 0. The van der Waals surface area contributed by atoms with Gasteiger partial charge in [0.15, 0.2) is 0 Å². The Kier molecular flexibility index (Phi) is 6.03. The maximum absolute atomic E-state index is 12.8. The Balaban J connectivity index is 1.30. The van der Waals surface area contributed by atoms with Gasteiger partial charge < -0.3 is 9.64 Å². The van der Waals surface area contributed by atoms with Gasteiger partial charge in [-0.2, -0.15) is 5.10 Å². The second-order valence-electron chi connectivity index (χ2n) is 8.68. The lowest BCUT2D eigenvalue weighted by molar-refractivity contribution is -0.303. The van der Waals surface area contributed by atoms with E-state index in [-0.39, 0.29) is 17.2 Å². The predicted molar refractivity (Wildman–Crippen MR) is 123 cm³/mol. The zero-order valence-electron chi connectivity index (χ0n) is 18.5. The van der Waals surface area contributed by atoms with Crippen LogP contribution < -0.4 is 5.56 Å². The first-order valence-corrected chi connectivity index (χ1v) is 11.4. The zero-order chi connectivity index (χ0) is 23.7. The van der Waals surface area contributed by atoms with Crippen molar-refractivity contribution in [2.75, 3.05) is 19.6 Å². The van der Waals surface area contributed by atoms with Gasteiger partial charge in [0, 0.05) is 35.8 Å². The number of ether oxygens (including phenoxy) is 1. The molecule has 3 aromatic rings. The van der Waals surface area contributed by atoms with Crippen LogP contribution in [0.15, 0.2) is 71.5 Å². The van der Waals surface area contributed by atoms with Crippen LogP contribution >= 0.6 is 0 Å². The molecule has 0 radical (unpaired) electrons. The van der Waals surface area contributed by atoms with Gasteiger partial charge in [-0.3, -0.25) is 14.0 Å². The molecule has 0 spiro atoms. The molecular weight excluding hydrogens is 445 g/mol. The third-order valence-electron chi connectivity index (χ3n) is 6.40. The Morgan fingerprint density at radius 3 is 2.62 bits per heavy atom. The van der Waals surface area contributed by atoms with E-state index in [1.165, 1.54) is 31.1 Å². The van der Waals surface area contributed by atoms with Crippen LogP contribution in [0.5, 0.6) is 0 Å². The van der Waals surface area contributed by atoms with Crippen LogP contribution in [-0.4, -0.2) is 45.2 Å².